The molecule has 0 radical (unpaired) electrons. The molecule has 3 atom stereocenters. The Kier molecular flexibility index (Phi) is 5.28. The summed E-state index contributed by atoms with van der Waals surface area (Å²) in [4.78, 5) is 25.0. The highest BCUT2D eigenvalue weighted by Gasteiger charge is 2.49. The predicted molar refractivity (Wildman–Crippen MR) is 119 cm³/mol. The summed E-state index contributed by atoms with van der Waals surface area (Å²) in [5.41, 5.74) is 0.554. The van der Waals surface area contributed by atoms with E-state index in [0.717, 1.165) is 6.42 Å². The van der Waals surface area contributed by atoms with Gasteiger partial charge in [-0.3, -0.25) is 4.90 Å². The standard InChI is InChI=1S/C22H24F2N4O4S/c1-22(2,3)32-21(30)28-11-8-12(28)10-27(9-11)20-26-15-13(16(29)18(23)24)4-5-14(17(15)31-20)19-25-6-7-33-19/h4-7,11-12,16,18,29H,8-10H2,1-3H3. The first kappa shape index (κ1) is 22.0. The minimum absolute atomic E-state index is 0.00727. The van der Waals surface area contributed by atoms with Gasteiger partial charge < -0.3 is 19.2 Å². The van der Waals surface area contributed by atoms with Gasteiger partial charge in [0.15, 0.2) is 5.58 Å². The van der Waals surface area contributed by atoms with Gasteiger partial charge in [-0.1, -0.05) is 6.07 Å². The van der Waals surface area contributed by atoms with E-state index in [1.54, 1.807) is 17.2 Å². The normalized spacial score (nSPS) is 21.4. The highest BCUT2D eigenvalue weighted by atomic mass is 32.1. The Morgan fingerprint density at radius 2 is 2.03 bits per heavy atom. The van der Waals surface area contributed by atoms with Crippen LogP contribution in [0.25, 0.3) is 21.7 Å². The number of oxazole rings is 1. The van der Waals surface area contributed by atoms with Crippen LogP contribution >= 0.6 is 11.3 Å². The van der Waals surface area contributed by atoms with Crippen molar-refractivity contribution in [3.05, 3.63) is 29.3 Å². The van der Waals surface area contributed by atoms with E-state index in [-0.39, 0.29) is 35.3 Å². The number of fused-ring (bicyclic) bond motifs is 3. The molecule has 1 amide bonds. The van der Waals surface area contributed by atoms with Gasteiger partial charge in [0.2, 0.25) is 0 Å². The second-order valence-corrected chi connectivity index (χ2v) is 10.2. The highest BCUT2D eigenvalue weighted by molar-refractivity contribution is 7.13. The lowest BCUT2D eigenvalue weighted by Gasteiger charge is -2.55. The Labute approximate surface area is 192 Å². The molecule has 176 valence electrons. The number of aliphatic hydroxyl groups excluding tert-OH is 1. The number of aromatic nitrogens is 2. The minimum atomic E-state index is -2.95. The second kappa shape index (κ2) is 7.91. The van der Waals surface area contributed by atoms with Crippen molar-refractivity contribution in [3.8, 4) is 10.6 Å². The van der Waals surface area contributed by atoms with Crippen LogP contribution < -0.4 is 4.90 Å². The Balaban J connectivity index is 1.46. The number of piperazine rings is 1. The number of nitrogens with zero attached hydrogens (tertiary/aromatic N) is 4. The predicted octanol–water partition coefficient (Wildman–Crippen LogP) is 4.45. The molecule has 5 heterocycles. The van der Waals surface area contributed by atoms with Crippen molar-refractivity contribution in [2.24, 2.45) is 0 Å². The Morgan fingerprint density at radius 1 is 1.30 bits per heavy atom. The summed E-state index contributed by atoms with van der Waals surface area (Å²) in [5, 5.41) is 12.5. The quantitative estimate of drug-likeness (QED) is 0.592. The fourth-order valence-electron chi connectivity index (χ4n) is 4.43. The maximum absolute atomic E-state index is 13.3. The summed E-state index contributed by atoms with van der Waals surface area (Å²) in [6.07, 6.45) is -2.77. The van der Waals surface area contributed by atoms with Gasteiger partial charge in [0.1, 0.15) is 22.2 Å². The number of anilines is 1. The lowest BCUT2D eigenvalue weighted by molar-refractivity contribution is -0.0386. The summed E-state index contributed by atoms with van der Waals surface area (Å²) < 4.78 is 38.2. The van der Waals surface area contributed by atoms with Gasteiger partial charge in [0.05, 0.1) is 17.6 Å². The summed E-state index contributed by atoms with van der Waals surface area (Å²) in [6, 6.07) is 3.25. The molecule has 3 aliphatic heterocycles. The molecule has 33 heavy (non-hydrogen) atoms. The van der Waals surface area contributed by atoms with Gasteiger partial charge in [-0.2, -0.15) is 4.98 Å². The first-order chi connectivity index (χ1) is 15.6. The molecule has 3 saturated heterocycles. The maximum Gasteiger partial charge on any atom is 0.410 e. The van der Waals surface area contributed by atoms with Crippen LogP contribution in [0.15, 0.2) is 28.1 Å². The van der Waals surface area contributed by atoms with Crippen molar-refractivity contribution >= 4 is 34.5 Å². The van der Waals surface area contributed by atoms with Crippen LogP contribution in [0.3, 0.4) is 0 Å². The number of benzene rings is 1. The molecule has 0 spiro atoms. The van der Waals surface area contributed by atoms with E-state index in [4.69, 9.17) is 9.15 Å². The Morgan fingerprint density at radius 3 is 2.64 bits per heavy atom. The molecule has 3 unspecified atom stereocenters. The average Bonchev–Trinajstić information content (AvgIpc) is 3.41. The molecule has 11 heteroatoms. The number of halogens is 2. The number of thiazole rings is 1. The van der Waals surface area contributed by atoms with Gasteiger partial charge >= 0.3 is 6.09 Å². The van der Waals surface area contributed by atoms with E-state index in [2.05, 4.69) is 9.97 Å². The Hall–Kier alpha value is -2.79. The van der Waals surface area contributed by atoms with Crippen molar-refractivity contribution in [2.45, 2.75) is 57.4 Å². The number of piperidine rings is 1. The van der Waals surface area contributed by atoms with Crippen molar-refractivity contribution < 1.29 is 27.8 Å². The van der Waals surface area contributed by atoms with Crippen LogP contribution in [-0.4, -0.2) is 63.3 Å². The first-order valence-electron chi connectivity index (χ1n) is 10.7. The number of carbonyl (C=O) groups is 1. The zero-order valence-electron chi connectivity index (χ0n) is 18.4. The van der Waals surface area contributed by atoms with E-state index >= 15 is 0 Å². The smallest absolute Gasteiger partial charge is 0.410 e. The monoisotopic (exact) mass is 478 g/mol. The fourth-order valence-corrected chi connectivity index (χ4v) is 5.09. The molecule has 0 aliphatic carbocycles. The van der Waals surface area contributed by atoms with Gasteiger partial charge in [-0.25, -0.2) is 18.6 Å². The number of rotatable bonds is 4. The second-order valence-electron chi connectivity index (χ2n) is 9.33. The molecular weight excluding hydrogens is 454 g/mol. The maximum atomic E-state index is 13.3. The first-order valence-corrected chi connectivity index (χ1v) is 11.6. The number of alkyl halides is 2. The van der Waals surface area contributed by atoms with Crippen LogP contribution in [-0.2, 0) is 4.74 Å². The summed E-state index contributed by atoms with van der Waals surface area (Å²) in [5.74, 6) is 0. The number of aliphatic hydroxyl groups is 1. The third-order valence-electron chi connectivity index (χ3n) is 5.85. The van der Waals surface area contributed by atoms with E-state index in [0.29, 0.717) is 29.2 Å². The molecule has 1 N–H and O–H groups in total. The van der Waals surface area contributed by atoms with E-state index in [1.807, 2.05) is 31.1 Å². The summed E-state index contributed by atoms with van der Waals surface area (Å²) in [7, 11) is 0. The third kappa shape index (κ3) is 3.93. The molecule has 3 aliphatic rings. The molecule has 1 aromatic carbocycles. The van der Waals surface area contributed by atoms with Crippen molar-refractivity contribution in [2.75, 3.05) is 18.0 Å². The summed E-state index contributed by atoms with van der Waals surface area (Å²) >= 11 is 1.39. The van der Waals surface area contributed by atoms with Crippen molar-refractivity contribution in [1.29, 1.82) is 0 Å². The number of carbonyl (C=O) groups excluding carboxylic acids is 1. The van der Waals surface area contributed by atoms with Crippen molar-refractivity contribution in [1.82, 2.24) is 14.9 Å². The lowest BCUT2D eigenvalue weighted by Crippen LogP contribution is -2.70. The number of hydrogen-bond donors (Lipinski definition) is 1. The summed E-state index contributed by atoms with van der Waals surface area (Å²) in [6.45, 7) is 6.47. The fraction of sp³-hybridized carbons (Fsp3) is 0.500. The van der Waals surface area contributed by atoms with Gasteiger partial charge in [0.25, 0.3) is 12.4 Å². The molecule has 6 rings (SSSR count). The highest BCUT2D eigenvalue weighted by Crippen LogP contribution is 2.40. The zero-order valence-corrected chi connectivity index (χ0v) is 19.2. The third-order valence-corrected chi connectivity index (χ3v) is 6.66. The Bertz CT molecular complexity index is 1170. The average molecular weight is 479 g/mol. The van der Waals surface area contributed by atoms with Crippen LogP contribution in [0.5, 0.6) is 0 Å². The molecule has 2 bridgehead atoms. The molecule has 8 nitrogen and oxygen atoms in total. The lowest BCUT2D eigenvalue weighted by atomic mass is 9.88. The molecular formula is C22H24F2N4O4S. The van der Waals surface area contributed by atoms with Crippen LogP contribution in [0.1, 0.15) is 38.9 Å². The molecule has 2 aromatic heterocycles. The van der Waals surface area contributed by atoms with E-state index in [9.17, 15) is 18.7 Å². The van der Waals surface area contributed by atoms with Crippen LogP contribution in [0, 0.1) is 0 Å². The molecule has 3 aromatic rings. The minimum Gasteiger partial charge on any atom is -0.444 e. The SMILES string of the molecule is CC(C)(C)OC(=O)N1C2CC1CN(c1nc3c(C(O)C(F)F)ccc(-c4nccs4)c3o1)C2. The van der Waals surface area contributed by atoms with Crippen LogP contribution in [0.2, 0.25) is 0 Å². The van der Waals surface area contributed by atoms with Crippen LogP contribution in [0.4, 0.5) is 19.6 Å². The number of ether oxygens (including phenoxy) is 1. The number of amides is 1. The molecule has 3 fully saturated rings. The van der Waals surface area contributed by atoms with Gasteiger partial charge in [-0.05, 0) is 33.3 Å². The largest absolute Gasteiger partial charge is 0.444 e. The van der Waals surface area contributed by atoms with Gasteiger partial charge in [-0.15, -0.1) is 11.3 Å². The van der Waals surface area contributed by atoms with Gasteiger partial charge in [0, 0.05) is 30.2 Å². The number of hydrogen-bond acceptors (Lipinski definition) is 8. The van der Waals surface area contributed by atoms with E-state index in [1.165, 1.54) is 17.4 Å². The van der Waals surface area contributed by atoms with E-state index < -0.39 is 18.1 Å². The van der Waals surface area contributed by atoms with Crippen molar-refractivity contribution in [3.63, 3.8) is 0 Å². The zero-order chi connectivity index (χ0) is 23.5. The molecule has 0 saturated carbocycles. The topological polar surface area (TPSA) is 91.9 Å².